The van der Waals surface area contributed by atoms with Gasteiger partial charge in [-0.15, -0.1) is 0 Å². The fourth-order valence-corrected chi connectivity index (χ4v) is 4.44. The molecule has 1 aliphatic rings. The van der Waals surface area contributed by atoms with Crippen LogP contribution in [0.15, 0.2) is 91.0 Å². The molecule has 1 aliphatic heterocycles. The number of aliphatic hydroxyl groups is 1. The molecule has 3 heteroatoms. The van der Waals surface area contributed by atoms with E-state index >= 15 is 0 Å². The summed E-state index contributed by atoms with van der Waals surface area (Å²) in [4.78, 5) is 2.36. The molecule has 0 aromatic heterocycles. The summed E-state index contributed by atoms with van der Waals surface area (Å²) in [5.74, 6) is 0.803. The summed E-state index contributed by atoms with van der Waals surface area (Å²) in [5, 5.41) is 10.5. The molecule has 3 aromatic carbocycles. The Morgan fingerprint density at radius 1 is 0.759 bits per heavy atom. The van der Waals surface area contributed by atoms with Crippen LogP contribution in [0.1, 0.15) is 24.0 Å². The van der Waals surface area contributed by atoms with E-state index in [4.69, 9.17) is 4.74 Å². The molecule has 4 rings (SSSR count). The molecule has 1 saturated heterocycles. The third kappa shape index (κ3) is 4.69. The van der Waals surface area contributed by atoms with Crippen LogP contribution < -0.4 is 4.74 Å². The van der Waals surface area contributed by atoms with Crippen molar-refractivity contribution in [1.82, 2.24) is 4.90 Å². The Balaban J connectivity index is 1.39. The van der Waals surface area contributed by atoms with Crippen molar-refractivity contribution in [2.24, 2.45) is 0 Å². The zero-order chi connectivity index (χ0) is 19.9. The van der Waals surface area contributed by atoms with Gasteiger partial charge in [0.25, 0.3) is 0 Å². The predicted octanol–water partition coefficient (Wildman–Crippen LogP) is 4.51. The number of nitrogens with zero attached hydrogens (tertiary/aromatic N) is 1. The Bertz CT molecular complexity index is 817. The van der Waals surface area contributed by atoms with Crippen molar-refractivity contribution >= 4 is 0 Å². The largest absolute Gasteiger partial charge is 0.491 e. The Labute approximate surface area is 173 Å². The topological polar surface area (TPSA) is 32.7 Å². The van der Waals surface area contributed by atoms with Crippen molar-refractivity contribution in [3.63, 3.8) is 0 Å². The van der Waals surface area contributed by atoms with E-state index in [-0.39, 0.29) is 5.41 Å². The molecule has 1 heterocycles. The van der Waals surface area contributed by atoms with Crippen molar-refractivity contribution in [3.05, 3.63) is 102 Å². The molecule has 1 fully saturated rings. The van der Waals surface area contributed by atoms with Gasteiger partial charge in [-0.2, -0.15) is 0 Å². The van der Waals surface area contributed by atoms with E-state index in [0.29, 0.717) is 13.2 Å². The number of rotatable bonds is 7. The lowest BCUT2D eigenvalue weighted by Gasteiger charge is -2.43. The summed E-state index contributed by atoms with van der Waals surface area (Å²) < 4.78 is 5.71. The normalized spacial score (nSPS) is 17.6. The van der Waals surface area contributed by atoms with Crippen LogP contribution in [0.3, 0.4) is 0 Å². The monoisotopic (exact) mass is 387 g/mol. The van der Waals surface area contributed by atoms with E-state index in [1.54, 1.807) is 0 Å². The maximum atomic E-state index is 10.5. The first-order valence-corrected chi connectivity index (χ1v) is 10.5. The molecule has 1 N–H and O–H groups in total. The van der Waals surface area contributed by atoms with Gasteiger partial charge in [-0.05, 0) is 49.2 Å². The van der Waals surface area contributed by atoms with Crippen LogP contribution >= 0.6 is 0 Å². The highest BCUT2D eigenvalue weighted by molar-refractivity contribution is 5.40. The molecule has 29 heavy (non-hydrogen) atoms. The number of likely N-dealkylation sites (tertiary alicyclic amines) is 1. The highest BCUT2D eigenvalue weighted by Gasteiger charge is 2.37. The van der Waals surface area contributed by atoms with Crippen molar-refractivity contribution in [1.29, 1.82) is 0 Å². The summed E-state index contributed by atoms with van der Waals surface area (Å²) >= 11 is 0. The molecule has 3 aromatic rings. The Hall–Kier alpha value is -2.62. The number of piperidine rings is 1. The maximum absolute atomic E-state index is 10.5. The van der Waals surface area contributed by atoms with Crippen LogP contribution in [-0.2, 0) is 5.41 Å². The van der Waals surface area contributed by atoms with Crippen LogP contribution in [0.2, 0.25) is 0 Å². The van der Waals surface area contributed by atoms with E-state index in [0.717, 1.165) is 31.7 Å². The van der Waals surface area contributed by atoms with E-state index in [9.17, 15) is 5.11 Å². The van der Waals surface area contributed by atoms with Crippen LogP contribution in [-0.4, -0.2) is 42.4 Å². The Kier molecular flexibility index (Phi) is 6.28. The second-order valence-corrected chi connectivity index (χ2v) is 7.89. The lowest BCUT2D eigenvalue weighted by atomic mass is 9.68. The molecule has 0 saturated carbocycles. The van der Waals surface area contributed by atoms with Crippen LogP contribution in [0.4, 0.5) is 0 Å². The molecule has 150 valence electrons. The van der Waals surface area contributed by atoms with Gasteiger partial charge < -0.3 is 14.7 Å². The Morgan fingerprint density at radius 3 is 1.76 bits per heavy atom. The van der Waals surface area contributed by atoms with E-state index < -0.39 is 6.10 Å². The van der Waals surface area contributed by atoms with Crippen LogP contribution in [0.25, 0.3) is 0 Å². The minimum Gasteiger partial charge on any atom is -0.491 e. The molecule has 0 bridgehead atoms. The molecule has 0 aliphatic carbocycles. The number of hydrogen-bond acceptors (Lipinski definition) is 3. The molecule has 0 radical (unpaired) electrons. The summed E-state index contributed by atoms with van der Waals surface area (Å²) in [5.41, 5.74) is 2.82. The predicted molar refractivity (Wildman–Crippen MR) is 117 cm³/mol. The third-order valence-corrected chi connectivity index (χ3v) is 6.02. The quantitative estimate of drug-likeness (QED) is 0.647. The molecule has 3 nitrogen and oxygen atoms in total. The summed E-state index contributed by atoms with van der Waals surface area (Å²) in [7, 11) is 0. The van der Waals surface area contributed by atoms with Crippen molar-refractivity contribution in [2.45, 2.75) is 24.4 Å². The highest BCUT2D eigenvalue weighted by Crippen LogP contribution is 2.41. The van der Waals surface area contributed by atoms with E-state index in [1.807, 2.05) is 30.3 Å². The van der Waals surface area contributed by atoms with Crippen molar-refractivity contribution < 1.29 is 9.84 Å². The summed E-state index contributed by atoms with van der Waals surface area (Å²) in [6.45, 7) is 2.90. The standard InChI is InChI=1S/C26H29NO2/c28-24(21-29-25-14-8-3-9-15-25)20-27-18-16-26(17-19-27,22-10-4-1-5-11-22)23-12-6-2-7-13-23/h1-15,24,28H,16-21H2. The first-order chi connectivity index (χ1) is 14.3. The smallest absolute Gasteiger partial charge is 0.119 e. The number of hydrogen-bond donors (Lipinski definition) is 1. The second kappa shape index (κ2) is 9.25. The fraction of sp³-hybridized carbons (Fsp3) is 0.308. The van der Waals surface area contributed by atoms with Gasteiger partial charge in [0.05, 0.1) is 0 Å². The van der Waals surface area contributed by atoms with E-state index in [2.05, 4.69) is 65.6 Å². The maximum Gasteiger partial charge on any atom is 0.119 e. The zero-order valence-corrected chi connectivity index (χ0v) is 16.8. The van der Waals surface area contributed by atoms with Gasteiger partial charge in [0.1, 0.15) is 18.5 Å². The lowest BCUT2D eigenvalue weighted by Crippen LogP contribution is -2.46. The van der Waals surface area contributed by atoms with Gasteiger partial charge in [0, 0.05) is 12.0 Å². The molecular formula is C26H29NO2. The number of para-hydroxylation sites is 1. The van der Waals surface area contributed by atoms with Gasteiger partial charge in [-0.3, -0.25) is 0 Å². The summed E-state index contributed by atoms with van der Waals surface area (Å²) in [6, 6.07) is 31.4. The number of ether oxygens (including phenoxy) is 1. The van der Waals surface area contributed by atoms with Crippen LogP contribution in [0, 0.1) is 0 Å². The summed E-state index contributed by atoms with van der Waals surface area (Å²) in [6.07, 6.45) is 1.61. The van der Waals surface area contributed by atoms with Crippen molar-refractivity contribution in [3.8, 4) is 5.75 Å². The van der Waals surface area contributed by atoms with Gasteiger partial charge in [0.15, 0.2) is 0 Å². The first-order valence-electron chi connectivity index (χ1n) is 10.5. The lowest BCUT2D eigenvalue weighted by molar-refractivity contribution is 0.0541. The number of aliphatic hydroxyl groups excluding tert-OH is 1. The van der Waals surface area contributed by atoms with Crippen molar-refractivity contribution in [2.75, 3.05) is 26.2 Å². The second-order valence-electron chi connectivity index (χ2n) is 7.89. The molecule has 0 spiro atoms. The van der Waals surface area contributed by atoms with Gasteiger partial charge >= 0.3 is 0 Å². The minimum atomic E-state index is -0.490. The molecule has 1 atom stereocenters. The zero-order valence-electron chi connectivity index (χ0n) is 16.8. The van der Waals surface area contributed by atoms with Crippen LogP contribution in [0.5, 0.6) is 5.75 Å². The van der Waals surface area contributed by atoms with E-state index in [1.165, 1.54) is 11.1 Å². The third-order valence-electron chi connectivity index (χ3n) is 6.02. The average Bonchev–Trinajstić information content (AvgIpc) is 2.80. The molecule has 0 amide bonds. The first kappa shape index (κ1) is 19.7. The van der Waals surface area contributed by atoms with Gasteiger partial charge in [0.2, 0.25) is 0 Å². The fourth-order valence-electron chi connectivity index (χ4n) is 4.44. The minimum absolute atomic E-state index is 0.0461. The molecular weight excluding hydrogens is 358 g/mol. The SMILES string of the molecule is OC(COc1ccccc1)CN1CCC(c2ccccc2)(c2ccccc2)CC1. The van der Waals surface area contributed by atoms with Gasteiger partial charge in [-0.25, -0.2) is 0 Å². The number of β-amino-alcohol motifs (C(OH)–C–C–N with tert-alkyl or cyclic N) is 1. The molecule has 1 unspecified atom stereocenters. The Morgan fingerprint density at radius 2 is 1.24 bits per heavy atom. The van der Waals surface area contributed by atoms with Gasteiger partial charge in [-0.1, -0.05) is 78.9 Å². The highest BCUT2D eigenvalue weighted by atomic mass is 16.5. The average molecular weight is 388 g/mol. The number of benzene rings is 3.